The first-order valence-electron chi connectivity index (χ1n) is 13.2. The monoisotopic (exact) mass is 550 g/mol. The highest BCUT2D eigenvalue weighted by molar-refractivity contribution is 8.00. The molecule has 1 aliphatic heterocycles. The molecule has 0 saturated heterocycles. The maximum Gasteiger partial charge on any atom is 0.240 e. The molecule has 1 aliphatic rings. The standard InChI is InChI=1S/C30H38N4O4S/c1-8-14-31-24(35)17-33-25(36)18-39-27(22-16-21(37-6)12-13-23(22)38-7)26-28(30(3,4)5)32-34(29(26)33)20-11-9-10-19(2)15-20/h9-13,15-16,27H,8,14,17-18H2,1-7H3,(H,31,35)/t27-/m1/s1. The maximum absolute atomic E-state index is 13.8. The lowest BCUT2D eigenvalue weighted by Crippen LogP contribution is -2.42. The number of amides is 2. The van der Waals surface area contributed by atoms with Crippen LogP contribution in [0.2, 0.25) is 0 Å². The van der Waals surface area contributed by atoms with E-state index in [0.29, 0.717) is 23.9 Å². The number of aryl methyl sites for hydroxylation is 1. The van der Waals surface area contributed by atoms with Gasteiger partial charge in [-0.25, -0.2) is 4.68 Å². The van der Waals surface area contributed by atoms with Crippen molar-refractivity contribution in [2.24, 2.45) is 0 Å². The van der Waals surface area contributed by atoms with Crippen LogP contribution in [0.3, 0.4) is 0 Å². The van der Waals surface area contributed by atoms with Gasteiger partial charge >= 0.3 is 0 Å². The number of carbonyl (C=O) groups excluding carboxylic acids is 2. The van der Waals surface area contributed by atoms with Gasteiger partial charge in [-0.2, -0.15) is 5.10 Å². The molecule has 2 amide bonds. The number of carbonyl (C=O) groups is 2. The molecule has 39 heavy (non-hydrogen) atoms. The topological polar surface area (TPSA) is 85.7 Å². The Hall–Kier alpha value is -3.46. The minimum atomic E-state index is -0.354. The molecule has 0 aliphatic carbocycles. The third-order valence-electron chi connectivity index (χ3n) is 6.64. The van der Waals surface area contributed by atoms with Crippen LogP contribution < -0.4 is 19.7 Å². The molecular formula is C30H38N4O4S. The normalized spacial score (nSPS) is 15.5. The Labute approximate surface area is 235 Å². The highest BCUT2D eigenvalue weighted by Gasteiger charge is 2.40. The van der Waals surface area contributed by atoms with Crippen molar-refractivity contribution in [1.82, 2.24) is 15.1 Å². The van der Waals surface area contributed by atoms with Gasteiger partial charge in [0, 0.05) is 23.1 Å². The summed E-state index contributed by atoms with van der Waals surface area (Å²) in [5.74, 6) is 1.85. The van der Waals surface area contributed by atoms with Gasteiger partial charge in [0.1, 0.15) is 23.9 Å². The van der Waals surface area contributed by atoms with Crippen molar-refractivity contribution >= 4 is 29.4 Å². The number of thioether (sulfide) groups is 1. The Morgan fingerprint density at radius 1 is 1.15 bits per heavy atom. The summed E-state index contributed by atoms with van der Waals surface area (Å²) in [5, 5.41) is 7.79. The zero-order chi connectivity index (χ0) is 28.3. The molecule has 0 fully saturated rings. The number of anilines is 1. The van der Waals surface area contributed by atoms with E-state index in [-0.39, 0.29) is 34.8 Å². The molecular weight excluding hydrogens is 512 g/mol. The number of rotatable bonds is 8. The molecule has 3 aromatic rings. The largest absolute Gasteiger partial charge is 0.497 e. The van der Waals surface area contributed by atoms with Gasteiger partial charge in [-0.1, -0.05) is 39.8 Å². The van der Waals surface area contributed by atoms with Gasteiger partial charge in [-0.3, -0.25) is 14.5 Å². The van der Waals surface area contributed by atoms with E-state index in [4.69, 9.17) is 14.6 Å². The van der Waals surface area contributed by atoms with Crippen molar-refractivity contribution in [1.29, 1.82) is 0 Å². The van der Waals surface area contributed by atoms with Crippen molar-refractivity contribution < 1.29 is 19.1 Å². The maximum atomic E-state index is 13.8. The zero-order valence-corrected chi connectivity index (χ0v) is 24.6. The molecule has 0 radical (unpaired) electrons. The SMILES string of the molecule is CCCNC(=O)CN1C(=O)CS[C@H](c2cc(OC)ccc2OC)c2c(C(C)(C)C)nn(-c3cccc(C)c3)c21. The predicted octanol–water partition coefficient (Wildman–Crippen LogP) is 5.19. The molecule has 208 valence electrons. The van der Waals surface area contributed by atoms with Crippen molar-refractivity contribution in [3.8, 4) is 17.2 Å². The van der Waals surface area contributed by atoms with Crippen molar-refractivity contribution in [2.45, 2.75) is 51.7 Å². The molecule has 2 aromatic carbocycles. The van der Waals surface area contributed by atoms with Gasteiger partial charge in [0.05, 0.1) is 36.6 Å². The van der Waals surface area contributed by atoms with Gasteiger partial charge in [-0.05, 0) is 49.2 Å². The fraction of sp³-hybridized carbons (Fsp3) is 0.433. The summed E-state index contributed by atoms with van der Waals surface area (Å²) in [7, 11) is 3.28. The van der Waals surface area contributed by atoms with E-state index in [1.54, 1.807) is 19.1 Å². The van der Waals surface area contributed by atoms with Crippen LogP contribution in [0.1, 0.15) is 61.7 Å². The zero-order valence-electron chi connectivity index (χ0n) is 23.8. The second-order valence-corrected chi connectivity index (χ2v) is 11.8. The molecule has 0 bridgehead atoms. The summed E-state index contributed by atoms with van der Waals surface area (Å²) in [5.41, 5.74) is 4.19. The second-order valence-electron chi connectivity index (χ2n) is 10.7. The quantitative estimate of drug-likeness (QED) is 0.416. The number of aromatic nitrogens is 2. The van der Waals surface area contributed by atoms with Gasteiger partial charge in [-0.15, -0.1) is 11.8 Å². The minimum absolute atomic E-state index is 0.0878. The van der Waals surface area contributed by atoms with E-state index in [0.717, 1.165) is 34.5 Å². The Bertz CT molecular complexity index is 1360. The summed E-state index contributed by atoms with van der Waals surface area (Å²) >= 11 is 1.52. The number of ether oxygens (including phenoxy) is 2. The average Bonchev–Trinajstić information content (AvgIpc) is 3.25. The summed E-state index contributed by atoms with van der Waals surface area (Å²) < 4.78 is 13.2. The van der Waals surface area contributed by atoms with Crippen molar-refractivity contribution in [3.63, 3.8) is 0 Å². The summed E-state index contributed by atoms with van der Waals surface area (Å²) in [6, 6.07) is 13.7. The lowest BCUT2D eigenvalue weighted by molar-refractivity contribution is -0.122. The Kier molecular flexibility index (Phi) is 8.59. The molecule has 0 unspecified atom stereocenters. The fourth-order valence-electron chi connectivity index (χ4n) is 4.77. The molecule has 1 atom stereocenters. The highest BCUT2D eigenvalue weighted by atomic mass is 32.2. The fourth-order valence-corrected chi connectivity index (χ4v) is 5.98. The third-order valence-corrected chi connectivity index (χ3v) is 7.88. The van der Waals surface area contributed by atoms with E-state index in [1.807, 2.05) is 61.0 Å². The van der Waals surface area contributed by atoms with Gasteiger partial charge < -0.3 is 14.8 Å². The Morgan fingerprint density at radius 3 is 2.56 bits per heavy atom. The summed E-state index contributed by atoms with van der Waals surface area (Å²) in [6.07, 6.45) is 0.813. The Morgan fingerprint density at radius 2 is 1.92 bits per heavy atom. The third kappa shape index (κ3) is 5.93. The smallest absolute Gasteiger partial charge is 0.240 e. The number of methoxy groups -OCH3 is 2. The molecule has 9 heteroatoms. The number of benzene rings is 2. The lowest BCUT2D eigenvalue weighted by Gasteiger charge is -2.25. The van der Waals surface area contributed by atoms with Crippen LogP contribution in [0.15, 0.2) is 42.5 Å². The van der Waals surface area contributed by atoms with E-state index in [9.17, 15) is 9.59 Å². The van der Waals surface area contributed by atoms with Crippen LogP contribution in [-0.2, 0) is 15.0 Å². The number of nitrogens with one attached hydrogen (secondary N) is 1. The molecule has 0 saturated carbocycles. The van der Waals surface area contributed by atoms with Crippen LogP contribution in [0, 0.1) is 6.92 Å². The number of hydrogen-bond acceptors (Lipinski definition) is 6. The molecule has 8 nitrogen and oxygen atoms in total. The van der Waals surface area contributed by atoms with Crippen LogP contribution in [0.25, 0.3) is 5.69 Å². The van der Waals surface area contributed by atoms with E-state index in [1.165, 1.54) is 11.8 Å². The highest BCUT2D eigenvalue weighted by Crippen LogP contribution is 2.50. The Balaban J connectivity index is 2.04. The lowest BCUT2D eigenvalue weighted by atomic mass is 9.87. The van der Waals surface area contributed by atoms with Crippen molar-refractivity contribution in [2.75, 3.05) is 38.0 Å². The summed E-state index contributed by atoms with van der Waals surface area (Å²) in [4.78, 5) is 28.4. The van der Waals surface area contributed by atoms with Crippen LogP contribution in [0.4, 0.5) is 5.82 Å². The molecule has 2 heterocycles. The first-order chi connectivity index (χ1) is 18.6. The number of fused-ring (bicyclic) bond motifs is 1. The number of nitrogens with zero attached hydrogens (tertiary/aromatic N) is 3. The average molecular weight is 551 g/mol. The minimum Gasteiger partial charge on any atom is -0.497 e. The molecule has 1 N–H and O–H groups in total. The van der Waals surface area contributed by atoms with Gasteiger partial charge in [0.2, 0.25) is 11.8 Å². The first kappa shape index (κ1) is 28.5. The molecule has 0 spiro atoms. The van der Waals surface area contributed by atoms with Crippen LogP contribution in [0.5, 0.6) is 11.5 Å². The van der Waals surface area contributed by atoms with E-state index < -0.39 is 0 Å². The predicted molar refractivity (Wildman–Crippen MR) is 157 cm³/mol. The van der Waals surface area contributed by atoms with Gasteiger partial charge in [0.25, 0.3) is 0 Å². The van der Waals surface area contributed by atoms with E-state index in [2.05, 4.69) is 26.1 Å². The van der Waals surface area contributed by atoms with Crippen LogP contribution >= 0.6 is 11.8 Å². The van der Waals surface area contributed by atoms with Gasteiger partial charge in [0.15, 0.2) is 0 Å². The van der Waals surface area contributed by atoms with E-state index >= 15 is 0 Å². The van der Waals surface area contributed by atoms with Crippen molar-refractivity contribution in [3.05, 3.63) is 64.8 Å². The molecule has 1 aromatic heterocycles. The van der Waals surface area contributed by atoms with Crippen LogP contribution in [-0.4, -0.2) is 54.7 Å². The molecule has 4 rings (SSSR count). The first-order valence-corrected chi connectivity index (χ1v) is 14.2. The number of hydrogen-bond donors (Lipinski definition) is 1. The summed E-state index contributed by atoms with van der Waals surface area (Å²) in [6.45, 7) is 10.8. The second kappa shape index (κ2) is 11.7.